The topological polar surface area (TPSA) is 89.3 Å². The number of nitriles is 1. The highest BCUT2D eigenvalue weighted by Gasteiger charge is 2.33. The number of anilines is 1. The third-order valence-electron chi connectivity index (χ3n) is 7.16. The first kappa shape index (κ1) is 23.9. The number of benzene rings is 1. The first-order chi connectivity index (χ1) is 16.4. The lowest BCUT2D eigenvalue weighted by Gasteiger charge is -2.41. The molecule has 2 aromatic rings. The number of hydrogen-bond donors (Lipinski definition) is 1. The molecule has 1 aromatic carbocycles. The second kappa shape index (κ2) is 10.4. The van der Waals surface area contributed by atoms with Gasteiger partial charge in [0, 0.05) is 55.7 Å². The second-order valence-electron chi connectivity index (χ2n) is 9.66. The molecule has 1 saturated carbocycles. The van der Waals surface area contributed by atoms with Gasteiger partial charge >= 0.3 is 0 Å². The Balaban J connectivity index is 1.46. The average Bonchev–Trinajstić information content (AvgIpc) is 3.36. The molecular formula is C27H33N5O2. The Bertz CT molecular complexity index is 1100. The highest BCUT2D eigenvalue weighted by molar-refractivity contribution is 6.04. The van der Waals surface area contributed by atoms with Crippen molar-refractivity contribution in [3.63, 3.8) is 0 Å². The number of amides is 2. The number of nitrogens with zero attached hydrogens (tertiary/aromatic N) is 4. The minimum Gasteiger partial charge on any atom is -0.337 e. The fourth-order valence-corrected chi connectivity index (χ4v) is 5.08. The van der Waals surface area contributed by atoms with Crippen LogP contribution in [0.1, 0.15) is 65.3 Å². The smallest absolute Gasteiger partial charge is 0.257 e. The van der Waals surface area contributed by atoms with Crippen LogP contribution in [0.3, 0.4) is 0 Å². The number of nitrogens with one attached hydrogen (secondary N) is 1. The zero-order valence-electron chi connectivity index (χ0n) is 20.3. The van der Waals surface area contributed by atoms with E-state index in [0.29, 0.717) is 29.3 Å². The van der Waals surface area contributed by atoms with Gasteiger partial charge in [-0.1, -0.05) is 12.8 Å². The van der Waals surface area contributed by atoms with E-state index in [1.165, 1.54) is 12.8 Å². The zero-order chi connectivity index (χ0) is 24.2. The van der Waals surface area contributed by atoms with Crippen LogP contribution in [0, 0.1) is 31.1 Å². The van der Waals surface area contributed by atoms with Gasteiger partial charge in [0.1, 0.15) is 0 Å². The molecule has 7 nitrogen and oxygen atoms in total. The maximum Gasteiger partial charge on any atom is 0.257 e. The molecule has 4 rings (SSSR count). The largest absolute Gasteiger partial charge is 0.337 e. The van der Waals surface area contributed by atoms with Crippen molar-refractivity contribution in [2.75, 3.05) is 25.0 Å². The summed E-state index contributed by atoms with van der Waals surface area (Å²) in [7, 11) is 0. The van der Waals surface area contributed by atoms with Gasteiger partial charge in [0.2, 0.25) is 5.91 Å². The van der Waals surface area contributed by atoms with E-state index < -0.39 is 0 Å². The lowest BCUT2D eigenvalue weighted by Crippen LogP contribution is -2.54. The first-order valence-corrected chi connectivity index (χ1v) is 12.2. The summed E-state index contributed by atoms with van der Waals surface area (Å²) >= 11 is 0. The number of carbonyl (C=O) groups is 2. The van der Waals surface area contributed by atoms with Gasteiger partial charge in [-0.05, 0) is 69.0 Å². The van der Waals surface area contributed by atoms with Crippen molar-refractivity contribution < 1.29 is 9.59 Å². The number of piperazine rings is 1. The first-order valence-electron chi connectivity index (χ1n) is 12.2. The maximum absolute atomic E-state index is 12.9. The minimum absolute atomic E-state index is 0.162. The molecule has 178 valence electrons. The Morgan fingerprint density at radius 2 is 1.94 bits per heavy atom. The van der Waals surface area contributed by atoms with E-state index >= 15 is 0 Å². The number of pyridine rings is 1. The van der Waals surface area contributed by atoms with Crippen molar-refractivity contribution in [2.24, 2.45) is 5.92 Å². The Labute approximate surface area is 201 Å². The second-order valence-corrected chi connectivity index (χ2v) is 9.66. The van der Waals surface area contributed by atoms with Gasteiger partial charge in [-0.3, -0.25) is 19.5 Å². The molecule has 34 heavy (non-hydrogen) atoms. The summed E-state index contributed by atoms with van der Waals surface area (Å²) in [5, 5.41) is 12.5. The average molecular weight is 460 g/mol. The fourth-order valence-electron chi connectivity index (χ4n) is 5.08. The van der Waals surface area contributed by atoms with Crippen molar-refractivity contribution in [2.45, 2.75) is 59.0 Å². The molecule has 2 heterocycles. The van der Waals surface area contributed by atoms with E-state index in [4.69, 9.17) is 0 Å². The van der Waals surface area contributed by atoms with Crippen LogP contribution in [0.15, 0.2) is 30.5 Å². The number of aryl methyl sites for hydroxylation is 1. The highest BCUT2D eigenvalue weighted by atomic mass is 16.2. The standard InChI is InChI=1S/C27H33N5O2/c1-18-8-9-23(15-29-18)26(33)30-25-13-21(14-28)12-24(20(25)3)17-31-10-11-32(19(2)16-31)27(34)22-6-4-5-7-22/h8-9,12-13,15,19,22H,4-7,10-11,16-17H2,1-3H3,(H,30,33)/t19-/m0/s1. The van der Waals surface area contributed by atoms with Gasteiger partial charge in [-0.15, -0.1) is 0 Å². The van der Waals surface area contributed by atoms with E-state index in [2.05, 4.69) is 33.1 Å². The fraction of sp³-hybridized carbons (Fsp3) is 0.481. The van der Waals surface area contributed by atoms with Gasteiger partial charge in [0.15, 0.2) is 0 Å². The Morgan fingerprint density at radius 1 is 1.18 bits per heavy atom. The molecule has 1 atom stereocenters. The molecule has 0 spiro atoms. The van der Waals surface area contributed by atoms with E-state index in [1.54, 1.807) is 24.4 Å². The molecule has 7 heteroatoms. The quantitative estimate of drug-likeness (QED) is 0.729. The molecule has 1 aliphatic carbocycles. The molecule has 1 aliphatic heterocycles. The van der Waals surface area contributed by atoms with E-state index in [-0.39, 0.29) is 17.9 Å². The molecule has 0 bridgehead atoms. The summed E-state index contributed by atoms with van der Waals surface area (Å²) in [6.07, 6.45) is 5.94. The SMILES string of the molecule is Cc1ccc(C(=O)Nc2cc(C#N)cc(CN3CCN(C(=O)C4CCCC4)[C@@H](C)C3)c2C)cn1. The number of carbonyl (C=O) groups excluding carboxylic acids is 2. The van der Waals surface area contributed by atoms with Crippen LogP contribution < -0.4 is 5.32 Å². The molecule has 2 aliphatic rings. The Hall–Kier alpha value is -3.24. The zero-order valence-corrected chi connectivity index (χ0v) is 20.3. The van der Waals surface area contributed by atoms with Crippen LogP contribution in [-0.2, 0) is 11.3 Å². The number of hydrogen-bond acceptors (Lipinski definition) is 5. The lowest BCUT2D eigenvalue weighted by atomic mass is 10.0. The summed E-state index contributed by atoms with van der Waals surface area (Å²) in [6.45, 7) is 8.98. The van der Waals surface area contributed by atoms with E-state index in [1.807, 2.05) is 19.9 Å². The van der Waals surface area contributed by atoms with Gasteiger partial charge in [0.05, 0.1) is 17.2 Å². The van der Waals surface area contributed by atoms with Crippen molar-refractivity contribution >= 4 is 17.5 Å². The molecule has 0 radical (unpaired) electrons. The molecule has 2 amide bonds. The molecule has 1 aromatic heterocycles. The molecule has 1 N–H and O–H groups in total. The molecule has 0 unspecified atom stereocenters. The van der Waals surface area contributed by atoms with Crippen molar-refractivity contribution in [3.05, 3.63) is 58.4 Å². The third-order valence-corrected chi connectivity index (χ3v) is 7.16. The van der Waals surface area contributed by atoms with Gasteiger partial charge in [-0.25, -0.2) is 0 Å². The van der Waals surface area contributed by atoms with Crippen LogP contribution >= 0.6 is 0 Å². The van der Waals surface area contributed by atoms with Gasteiger partial charge in [-0.2, -0.15) is 5.26 Å². The normalized spacial score (nSPS) is 19.1. The van der Waals surface area contributed by atoms with Crippen LogP contribution in [0.25, 0.3) is 0 Å². The van der Waals surface area contributed by atoms with Crippen LogP contribution in [-0.4, -0.2) is 52.3 Å². The van der Waals surface area contributed by atoms with Gasteiger partial charge < -0.3 is 10.2 Å². The predicted octanol–water partition coefficient (Wildman–Crippen LogP) is 4.05. The van der Waals surface area contributed by atoms with Crippen LogP contribution in [0.4, 0.5) is 5.69 Å². The van der Waals surface area contributed by atoms with Crippen LogP contribution in [0.5, 0.6) is 0 Å². The summed E-state index contributed by atoms with van der Waals surface area (Å²) in [5.41, 5.74) is 4.44. The summed E-state index contributed by atoms with van der Waals surface area (Å²) < 4.78 is 0. The van der Waals surface area contributed by atoms with E-state index in [9.17, 15) is 14.9 Å². The summed E-state index contributed by atoms with van der Waals surface area (Å²) in [6, 6.07) is 9.55. The summed E-state index contributed by atoms with van der Waals surface area (Å²) in [5.74, 6) is 0.283. The molecular weight excluding hydrogens is 426 g/mol. The maximum atomic E-state index is 12.9. The van der Waals surface area contributed by atoms with E-state index in [0.717, 1.165) is 49.3 Å². The molecule has 2 fully saturated rings. The highest BCUT2D eigenvalue weighted by Crippen LogP contribution is 2.29. The molecule has 1 saturated heterocycles. The minimum atomic E-state index is -0.246. The summed E-state index contributed by atoms with van der Waals surface area (Å²) in [4.78, 5) is 34.3. The predicted molar refractivity (Wildman–Crippen MR) is 131 cm³/mol. The third kappa shape index (κ3) is 5.28. The van der Waals surface area contributed by atoms with Crippen LogP contribution in [0.2, 0.25) is 0 Å². The number of rotatable bonds is 5. The van der Waals surface area contributed by atoms with Crippen molar-refractivity contribution in [1.29, 1.82) is 5.26 Å². The number of aromatic nitrogens is 1. The van der Waals surface area contributed by atoms with Crippen molar-refractivity contribution in [3.8, 4) is 6.07 Å². The lowest BCUT2D eigenvalue weighted by molar-refractivity contribution is -0.140. The Kier molecular flexibility index (Phi) is 7.28. The monoisotopic (exact) mass is 459 g/mol. The Morgan fingerprint density at radius 3 is 2.59 bits per heavy atom. The van der Waals surface area contributed by atoms with Crippen molar-refractivity contribution in [1.82, 2.24) is 14.8 Å². The van der Waals surface area contributed by atoms with Gasteiger partial charge in [0.25, 0.3) is 5.91 Å².